The maximum Gasteiger partial charge on any atom is 0.307 e. The van der Waals surface area contributed by atoms with Crippen molar-refractivity contribution in [3.05, 3.63) is 65.2 Å². The Balaban J connectivity index is 1.94. The van der Waals surface area contributed by atoms with Crippen LogP contribution in [0.1, 0.15) is 16.7 Å². The predicted molar refractivity (Wildman–Crippen MR) is 76.3 cm³/mol. The minimum Gasteiger partial charge on any atom is -0.481 e. The summed E-state index contributed by atoms with van der Waals surface area (Å²) < 4.78 is 0. The summed E-state index contributed by atoms with van der Waals surface area (Å²) in [6, 6.07) is 15.8. The molecule has 0 saturated carbocycles. The molecule has 0 bridgehead atoms. The van der Waals surface area contributed by atoms with Crippen molar-refractivity contribution < 1.29 is 9.90 Å². The second-order valence-corrected chi connectivity index (χ2v) is 4.61. The fourth-order valence-corrected chi connectivity index (χ4v) is 1.94. The Bertz CT molecular complexity index is 561. The van der Waals surface area contributed by atoms with Crippen LogP contribution in [0.15, 0.2) is 48.5 Å². The molecule has 0 amide bonds. The van der Waals surface area contributed by atoms with E-state index in [0.717, 1.165) is 17.8 Å². The Morgan fingerprint density at radius 1 is 1.11 bits per heavy atom. The van der Waals surface area contributed by atoms with Gasteiger partial charge in [-0.1, -0.05) is 42.0 Å². The average Bonchev–Trinajstić information content (AvgIpc) is 2.37. The van der Waals surface area contributed by atoms with Crippen LogP contribution in [-0.4, -0.2) is 11.1 Å². The molecule has 3 nitrogen and oxygen atoms in total. The first kappa shape index (κ1) is 13.1. The molecular weight excluding hydrogens is 238 g/mol. The number of carboxylic acid groups (broad SMARTS) is 1. The number of aliphatic carboxylic acids is 1. The molecule has 2 aromatic carbocycles. The molecule has 0 unspecified atom stereocenters. The number of aryl methyl sites for hydroxylation is 1. The highest BCUT2D eigenvalue weighted by atomic mass is 16.4. The minimum atomic E-state index is -0.805. The van der Waals surface area contributed by atoms with Gasteiger partial charge in [0.15, 0.2) is 0 Å². The maximum absolute atomic E-state index is 10.6. The number of anilines is 1. The summed E-state index contributed by atoms with van der Waals surface area (Å²) in [7, 11) is 0. The van der Waals surface area contributed by atoms with Gasteiger partial charge in [-0.3, -0.25) is 4.79 Å². The van der Waals surface area contributed by atoms with E-state index in [2.05, 4.69) is 30.4 Å². The van der Waals surface area contributed by atoms with Crippen LogP contribution in [-0.2, 0) is 17.8 Å². The average molecular weight is 255 g/mol. The fraction of sp³-hybridized carbons (Fsp3) is 0.188. The second kappa shape index (κ2) is 6.05. The van der Waals surface area contributed by atoms with Gasteiger partial charge in [-0.05, 0) is 30.2 Å². The van der Waals surface area contributed by atoms with Crippen LogP contribution in [0.2, 0.25) is 0 Å². The lowest BCUT2D eigenvalue weighted by Crippen LogP contribution is -2.01. The van der Waals surface area contributed by atoms with E-state index in [4.69, 9.17) is 5.11 Å². The Kier molecular flexibility index (Phi) is 4.18. The summed E-state index contributed by atoms with van der Waals surface area (Å²) in [6.07, 6.45) is 0.0676. The van der Waals surface area contributed by atoms with Crippen molar-refractivity contribution in [2.75, 3.05) is 5.32 Å². The Morgan fingerprint density at radius 2 is 1.84 bits per heavy atom. The molecule has 98 valence electrons. The van der Waals surface area contributed by atoms with Gasteiger partial charge in [-0.2, -0.15) is 0 Å². The third-order valence-electron chi connectivity index (χ3n) is 2.89. The molecule has 0 heterocycles. The van der Waals surface area contributed by atoms with Crippen LogP contribution in [0, 0.1) is 6.92 Å². The van der Waals surface area contributed by atoms with Crippen LogP contribution in [0.4, 0.5) is 5.69 Å². The van der Waals surface area contributed by atoms with Gasteiger partial charge in [0.1, 0.15) is 0 Å². The summed E-state index contributed by atoms with van der Waals surface area (Å²) >= 11 is 0. The van der Waals surface area contributed by atoms with Crippen molar-refractivity contribution in [2.24, 2.45) is 0 Å². The van der Waals surface area contributed by atoms with Crippen molar-refractivity contribution in [1.82, 2.24) is 0 Å². The molecule has 2 aromatic rings. The summed E-state index contributed by atoms with van der Waals surface area (Å²) in [6.45, 7) is 2.84. The molecule has 0 aliphatic heterocycles. The summed E-state index contributed by atoms with van der Waals surface area (Å²) in [4.78, 5) is 10.6. The van der Waals surface area contributed by atoms with E-state index in [1.165, 1.54) is 11.1 Å². The third-order valence-corrected chi connectivity index (χ3v) is 2.89. The fourth-order valence-electron chi connectivity index (χ4n) is 1.94. The number of carbonyl (C=O) groups is 1. The van der Waals surface area contributed by atoms with Crippen LogP contribution in [0.5, 0.6) is 0 Å². The molecule has 0 radical (unpaired) electrons. The first-order valence-electron chi connectivity index (χ1n) is 6.23. The van der Waals surface area contributed by atoms with E-state index in [1.54, 1.807) is 0 Å². The molecule has 0 fully saturated rings. The van der Waals surface area contributed by atoms with Crippen LogP contribution < -0.4 is 5.32 Å². The van der Waals surface area contributed by atoms with E-state index in [9.17, 15) is 4.79 Å². The van der Waals surface area contributed by atoms with E-state index in [0.29, 0.717) is 0 Å². The van der Waals surface area contributed by atoms with Gasteiger partial charge in [-0.15, -0.1) is 0 Å². The number of rotatable bonds is 5. The summed E-state index contributed by atoms with van der Waals surface area (Å²) in [5.74, 6) is -0.805. The van der Waals surface area contributed by atoms with E-state index in [1.807, 2.05) is 30.3 Å². The van der Waals surface area contributed by atoms with Crippen molar-refractivity contribution in [2.45, 2.75) is 19.9 Å². The second-order valence-electron chi connectivity index (χ2n) is 4.61. The van der Waals surface area contributed by atoms with Crippen molar-refractivity contribution >= 4 is 11.7 Å². The zero-order valence-electron chi connectivity index (χ0n) is 10.9. The molecule has 2 rings (SSSR count). The summed E-state index contributed by atoms with van der Waals surface area (Å²) in [5, 5.41) is 12.0. The lowest BCUT2D eigenvalue weighted by Gasteiger charge is -2.08. The van der Waals surface area contributed by atoms with Crippen molar-refractivity contribution in [3.63, 3.8) is 0 Å². The maximum atomic E-state index is 10.6. The monoisotopic (exact) mass is 255 g/mol. The van der Waals surface area contributed by atoms with Crippen LogP contribution >= 0.6 is 0 Å². The number of carboxylic acids is 1. The molecule has 0 atom stereocenters. The third kappa shape index (κ3) is 4.14. The van der Waals surface area contributed by atoms with E-state index < -0.39 is 5.97 Å². The number of benzene rings is 2. The van der Waals surface area contributed by atoms with Gasteiger partial charge in [0.25, 0.3) is 0 Å². The van der Waals surface area contributed by atoms with E-state index in [-0.39, 0.29) is 6.42 Å². The van der Waals surface area contributed by atoms with Crippen molar-refractivity contribution in [3.8, 4) is 0 Å². The Hall–Kier alpha value is -2.29. The molecule has 0 aromatic heterocycles. The smallest absolute Gasteiger partial charge is 0.307 e. The van der Waals surface area contributed by atoms with Crippen LogP contribution in [0.3, 0.4) is 0 Å². The number of nitrogens with one attached hydrogen (secondary N) is 1. The molecular formula is C16H17NO2. The zero-order chi connectivity index (χ0) is 13.7. The van der Waals surface area contributed by atoms with Gasteiger partial charge in [0.2, 0.25) is 0 Å². The molecule has 2 N–H and O–H groups in total. The Labute approximate surface area is 112 Å². The van der Waals surface area contributed by atoms with E-state index >= 15 is 0 Å². The molecule has 0 aliphatic rings. The lowest BCUT2D eigenvalue weighted by molar-refractivity contribution is -0.136. The van der Waals surface area contributed by atoms with Gasteiger partial charge in [-0.25, -0.2) is 0 Å². The normalized spacial score (nSPS) is 10.2. The van der Waals surface area contributed by atoms with Gasteiger partial charge >= 0.3 is 5.97 Å². The SMILES string of the molecule is Cc1cccc(CNc2ccc(CC(=O)O)cc2)c1. The number of hydrogen-bond donors (Lipinski definition) is 2. The van der Waals surface area contributed by atoms with Crippen molar-refractivity contribution in [1.29, 1.82) is 0 Å². The zero-order valence-corrected chi connectivity index (χ0v) is 10.9. The molecule has 0 saturated heterocycles. The topological polar surface area (TPSA) is 49.3 Å². The lowest BCUT2D eigenvalue weighted by atomic mass is 10.1. The minimum absolute atomic E-state index is 0.0676. The molecule has 3 heteroatoms. The summed E-state index contributed by atoms with van der Waals surface area (Å²) in [5.41, 5.74) is 4.29. The highest BCUT2D eigenvalue weighted by Crippen LogP contribution is 2.12. The largest absolute Gasteiger partial charge is 0.481 e. The highest BCUT2D eigenvalue weighted by molar-refractivity contribution is 5.70. The molecule has 0 spiro atoms. The van der Waals surface area contributed by atoms with Gasteiger partial charge in [0.05, 0.1) is 6.42 Å². The van der Waals surface area contributed by atoms with Crippen LogP contribution in [0.25, 0.3) is 0 Å². The first-order valence-corrected chi connectivity index (χ1v) is 6.23. The Morgan fingerprint density at radius 3 is 2.47 bits per heavy atom. The van der Waals surface area contributed by atoms with Gasteiger partial charge in [0, 0.05) is 12.2 Å². The first-order chi connectivity index (χ1) is 9.13. The molecule has 19 heavy (non-hydrogen) atoms. The molecule has 0 aliphatic carbocycles. The number of hydrogen-bond acceptors (Lipinski definition) is 2. The standard InChI is InChI=1S/C16H17NO2/c1-12-3-2-4-14(9-12)11-17-15-7-5-13(6-8-15)10-16(18)19/h2-9,17H,10-11H2,1H3,(H,18,19). The predicted octanol–water partition coefficient (Wildman–Crippen LogP) is 3.23. The highest BCUT2D eigenvalue weighted by Gasteiger charge is 2.00. The van der Waals surface area contributed by atoms with Gasteiger partial charge < -0.3 is 10.4 Å². The quantitative estimate of drug-likeness (QED) is 0.862.